The summed E-state index contributed by atoms with van der Waals surface area (Å²) in [6.07, 6.45) is 2.72. The van der Waals surface area contributed by atoms with Gasteiger partial charge in [-0.05, 0) is 18.6 Å². The Bertz CT molecular complexity index is 502. The van der Waals surface area contributed by atoms with Crippen LogP contribution < -0.4 is 10.9 Å². The minimum atomic E-state index is -0.276. The fraction of sp³-hybridized carbons (Fsp3) is 0.308. The first-order valence-electron chi connectivity index (χ1n) is 5.92. The molecule has 0 fully saturated rings. The molecule has 2 amide bonds. The molecule has 0 radical (unpaired) electrons. The summed E-state index contributed by atoms with van der Waals surface area (Å²) in [5.74, 6) is -0.537. The van der Waals surface area contributed by atoms with Crippen LogP contribution >= 0.6 is 0 Å². The maximum Gasteiger partial charge on any atom is 0.247 e. The van der Waals surface area contributed by atoms with Gasteiger partial charge in [-0.1, -0.05) is 12.6 Å². The summed E-state index contributed by atoms with van der Waals surface area (Å²) < 4.78 is 0. The number of hydrogen-bond donors (Lipinski definition) is 2. The van der Waals surface area contributed by atoms with E-state index in [0.29, 0.717) is 13.1 Å². The molecule has 0 saturated carbocycles. The number of carbonyl (C=O) groups is 2. The van der Waals surface area contributed by atoms with Gasteiger partial charge in [0.2, 0.25) is 17.4 Å². The number of rotatable bonds is 6. The molecule has 1 rings (SSSR count). The van der Waals surface area contributed by atoms with Crippen molar-refractivity contribution in [2.75, 3.05) is 13.1 Å². The van der Waals surface area contributed by atoms with Gasteiger partial charge in [0.05, 0.1) is 6.54 Å². The number of nitrogens with zero attached hydrogens (tertiary/aromatic N) is 1. The summed E-state index contributed by atoms with van der Waals surface area (Å²) in [6.45, 7) is 5.90. The van der Waals surface area contributed by atoms with E-state index in [1.165, 1.54) is 23.2 Å². The molecule has 102 valence electrons. The van der Waals surface area contributed by atoms with Crippen LogP contribution in [0.15, 0.2) is 35.8 Å². The van der Waals surface area contributed by atoms with E-state index in [0.717, 1.165) is 5.56 Å². The van der Waals surface area contributed by atoms with Crippen molar-refractivity contribution >= 4 is 11.8 Å². The van der Waals surface area contributed by atoms with Crippen LogP contribution in [0.25, 0.3) is 0 Å². The highest BCUT2D eigenvalue weighted by Crippen LogP contribution is 1.94. The van der Waals surface area contributed by atoms with E-state index in [9.17, 15) is 14.4 Å². The average molecular weight is 263 g/mol. The molecule has 0 aliphatic heterocycles. The molecular formula is C13H17N3O3. The van der Waals surface area contributed by atoms with Gasteiger partial charge >= 0.3 is 0 Å². The van der Waals surface area contributed by atoms with Crippen molar-refractivity contribution in [1.82, 2.24) is 15.2 Å². The molecule has 0 atom stereocenters. The van der Waals surface area contributed by atoms with Crippen molar-refractivity contribution < 1.29 is 9.59 Å². The Morgan fingerprint density at radius 3 is 2.74 bits per heavy atom. The third kappa shape index (κ3) is 4.79. The lowest BCUT2D eigenvalue weighted by atomic mass is 10.3. The first-order chi connectivity index (χ1) is 9.06. The zero-order valence-corrected chi connectivity index (χ0v) is 10.8. The maximum atomic E-state index is 11.7. The maximum absolute atomic E-state index is 11.7. The Kier molecular flexibility index (Phi) is 5.53. The third-order valence-corrected chi connectivity index (χ3v) is 2.54. The molecule has 2 N–H and O–H groups in total. The molecular weight excluding hydrogens is 246 g/mol. The standard InChI is InChI=1S/C13H17N3O3/c1-3-13(19)16(4-2)9-12(18)15-8-10-5-6-11(17)14-7-10/h3,5-7H,1,4,8-9H2,2H3,(H,14,17)(H,15,18). The Balaban J connectivity index is 2.47. The largest absolute Gasteiger partial charge is 0.350 e. The molecule has 6 nitrogen and oxygen atoms in total. The van der Waals surface area contributed by atoms with Gasteiger partial charge in [-0.2, -0.15) is 0 Å². The van der Waals surface area contributed by atoms with Crippen molar-refractivity contribution in [2.24, 2.45) is 0 Å². The number of nitrogens with one attached hydrogen (secondary N) is 2. The van der Waals surface area contributed by atoms with Crippen LogP contribution in [0.2, 0.25) is 0 Å². The highest BCUT2D eigenvalue weighted by molar-refractivity contribution is 5.90. The minimum absolute atomic E-state index is 0.00922. The van der Waals surface area contributed by atoms with Crippen molar-refractivity contribution in [3.05, 3.63) is 46.9 Å². The molecule has 1 heterocycles. The number of H-pyrrole nitrogens is 1. The lowest BCUT2D eigenvalue weighted by Gasteiger charge is -2.18. The predicted octanol–water partition coefficient (Wildman–Crippen LogP) is 0.0256. The molecule has 0 spiro atoms. The number of hydrogen-bond acceptors (Lipinski definition) is 3. The van der Waals surface area contributed by atoms with E-state index in [4.69, 9.17) is 0 Å². The van der Waals surface area contributed by atoms with Gasteiger partial charge in [0.25, 0.3) is 0 Å². The van der Waals surface area contributed by atoms with Crippen LogP contribution in [0.3, 0.4) is 0 Å². The van der Waals surface area contributed by atoms with Crippen LogP contribution in [-0.4, -0.2) is 34.8 Å². The highest BCUT2D eigenvalue weighted by atomic mass is 16.2. The molecule has 0 aliphatic rings. The fourth-order valence-corrected chi connectivity index (χ4v) is 1.46. The second-order valence-corrected chi connectivity index (χ2v) is 3.89. The van der Waals surface area contributed by atoms with E-state index >= 15 is 0 Å². The van der Waals surface area contributed by atoms with Crippen LogP contribution in [-0.2, 0) is 16.1 Å². The number of aromatic amines is 1. The Morgan fingerprint density at radius 2 is 2.21 bits per heavy atom. The Labute approximate surface area is 111 Å². The minimum Gasteiger partial charge on any atom is -0.350 e. The molecule has 19 heavy (non-hydrogen) atoms. The molecule has 1 aromatic heterocycles. The Hall–Kier alpha value is -2.37. The smallest absolute Gasteiger partial charge is 0.247 e. The monoisotopic (exact) mass is 263 g/mol. The number of aromatic nitrogens is 1. The van der Waals surface area contributed by atoms with Crippen LogP contribution in [0.4, 0.5) is 0 Å². The lowest BCUT2D eigenvalue weighted by molar-refractivity contribution is -0.132. The summed E-state index contributed by atoms with van der Waals surface area (Å²) in [7, 11) is 0. The van der Waals surface area contributed by atoms with Crippen molar-refractivity contribution in [1.29, 1.82) is 0 Å². The van der Waals surface area contributed by atoms with Gasteiger partial charge in [0.15, 0.2) is 0 Å². The molecule has 0 bridgehead atoms. The first-order valence-corrected chi connectivity index (χ1v) is 5.92. The predicted molar refractivity (Wildman–Crippen MR) is 71.4 cm³/mol. The van der Waals surface area contributed by atoms with Gasteiger partial charge in [-0.25, -0.2) is 0 Å². The van der Waals surface area contributed by atoms with Crippen LogP contribution in [0.5, 0.6) is 0 Å². The average Bonchev–Trinajstić information content (AvgIpc) is 2.43. The topological polar surface area (TPSA) is 82.3 Å². The van der Waals surface area contributed by atoms with Gasteiger partial charge in [0.1, 0.15) is 0 Å². The first kappa shape index (κ1) is 14.7. The summed E-state index contributed by atoms with van der Waals surface area (Å²) in [4.78, 5) is 37.8. The summed E-state index contributed by atoms with van der Waals surface area (Å²) in [5.41, 5.74) is 0.592. The lowest BCUT2D eigenvalue weighted by Crippen LogP contribution is -2.39. The van der Waals surface area contributed by atoms with Gasteiger partial charge in [0, 0.05) is 25.4 Å². The zero-order valence-electron chi connectivity index (χ0n) is 10.8. The van der Waals surface area contributed by atoms with Crippen LogP contribution in [0, 0.1) is 0 Å². The zero-order chi connectivity index (χ0) is 14.3. The Morgan fingerprint density at radius 1 is 1.47 bits per heavy atom. The number of likely N-dealkylation sites (N-methyl/N-ethyl adjacent to an activating group) is 1. The van der Waals surface area contributed by atoms with E-state index in [-0.39, 0.29) is 23.9 Å². The summed E-state index contributed by atoms with van der Waals surface area (Å²) in [5, 5.41) is 2.67. The molecule has 0 unspecified atom stereocenters. The van der Waals surface area contributed by atoms with Crippen molar-refractivity contribution in [3.8, 4) is 0 Å². The number of pyridine rings is 1. The molecule has 0 aliphatic carbocycles. The van der Waals surface area contributed by atoms with Gasteiger partial charge in [-0.15, -0.1) is 0 Å². The molecule has 0 aromatic carbocycles. The van der Waals surface area contributed by atoms with Gasteiger partial charge in [-0.3, -0.25) is 14.4 Å². The summed E-state index contributed by atoms with van der Waals surface area (Å²) >= 11 is 0. The van der Waals surface area contributed by atoms with Crippen molar-refractivity contribution in [3.63, 3.8) is 0 Å². The van der Waals surface area contributed by atoms with Crippen molar-refractivity contribution in [2.45, 2.75) is 13.5 Å². The number of carbonyl (C=O) groups excluding carboxylic acids is 2. The highest BCUT2D eigenvalue weighted by Gasteiger charge is 2.12. The second kappa shape index (κ2) is 7.15. The van der Waals surface area contributed by atoms with E-state index in [2.05, 4.69) is 16.9 Å². The fourth-order valence-electron chi connectivity index (χ4n) is 1.46. The molecule has 0 saturated heterocycles. The van der Waals surface area contributed by atoms with E-state index in [1.807, 2.05) is 0 Å². The number of amides is 2. The van der Waals surface area contributed by atoms with E-state index in [1.54, 1.807) is 13.0 Å². The third-order valence-electron chi connectivity index (χ3n) is 2.54. The van der Waals surface area contributed by atoms with Crippen LogP contribution in [0.1, 0.15) is 12.5 Å². The molecule has 6 heteroatoms. The summed E-state index contributed by atoms with van der Waals surface area (Å²) in [6, 6.07) is 3.02. The van der Waals surface area contributed by atoms with E-state index < -0.39 is 0 Å². The SMILES string of the molecule is C=CC(=O)N(CC)CC(=O)NCc1ccc(=O)[nH]c1. The normalized spacial score (nSPS) is 9.74. The van der Waals surface area contributed by atoms with Gasteiger partial charge < -0.3 is 15.2 Å². The quantitative estimate of drug-likeness (QED) is 0.710. The second-order valence-electron chi connectivity index (χ2n) is 3.89. The molecule has 1 aromatic rings.